The lowest BCUT2D eigenvalue weighted by Crippen LogP contribution is -2.51. The Kier molecular flexibility index (Phi) is 3.89. The molecule has 0 radical (unpaired) electrons. The highest BCUT2D eigenvalue weighted by Gasteiger charge is 2.40. The van der Waals surface area contributed by atoms with Crippen LogP contribution in [0.1, 0.15) is 34.1 Å². The van der Waals surface area contributed by atoms with Crippen LogP contribution in [-0.4, -0.2) is 29.8 Å². The number of ether oxygens (including phenoxy) is 1. The van der Waals surface area contributed by atoms with Gasteiger partial charge in [-0.15, -0.1) is 0 Å². The molecule has 1 aliphatic heterocycles. The van der Waals surface area contributed by atoms with Crippen LogP contribution in [-0.2, 0) is 4.74 Å². The Bertz CT molecular complexity index is 194. The van der Waals surface area contributed by atoms with Gasteiger partial charge in [-0.2, -0.15) is 11.8 Å². The Morgan fingerprint density at radius 3 is 2.43 bits per heavy atom. The second-order valence-electron chi connectivity index (χ2n) is 5.39. The number of thioether (sulfide) groups is 1. The average molecular weight is 217 g/mol. The van der Waals surface area contributed by atoms with Crippen LogP contribution in [0.3, 0.4) is 0 Å². The smallest absolute Gasteiger partial charge is 0.0902 e. The van der Waals surface area contributed by atoms with E-state index in [-0.39, 0.29) is 11.7 Å². The Hall–Kier alpha value is 0.270. The molecular formula is C11H23NOS. The summed E-state index contributed by atoms with van der Waals surface area (Å²) in [6.07, 6.45) is 1.36. The SMILES string of the molecule is CC(C)OC1(CN)CSCC(C)(C)C1. The fourth-order valence-electron chi connectivity index (χ4n) is 2.24. The molecule has 0 aromatic heterocycles. The Morgan fingerprint density at radius 2 is 2.00 bits per heavy atom. The molecule has 1 aliphatic rings. The second-order valence-corrected chi connectivity index (χ2v) is 6.37. The number of hydrogen-bond acceptors (Lipinski definition) is 3. The maximum Gasteiger partial charge on any atom is 0.0902 e. The van der Waals surface area contributed by atoms with Crippen LogP contribution in [0.5, 0.6) is 0 Å². The molecule has 1 heterocycles. The first-order valence-electron chi connectivity index (χ1n) is 5.35. The van der Waals surface area contributed by atoms with Crippen molar-refractivity contribution in [1.29, 1.82) is 0 Å². The molecule has 1 atom stereocenters. The summed E-state index contributed by atoms with van der Waals surface area (Å²) in [5, 5.41) is 0. The highest BCUT2D eigenvalue weighted by atomic mass is 32.2. The van der Waals surface area contributed by atoms with Crippen molar-refractivity contribution in [3.8, 4) is 0 Å². The van der Waals surface area contributed by atoms with Gasteiger partial charge in [-0.3, -0.25) is 0 Å². The molecule has 0 aromatic carbocycles. The molecule has 1 saturated heterocycles. The van der Waals surface area contributed by atoms with Gasteiger partial charge in [0, 0.05) is 12.3 Å². The van der Waals surface area contributed by atoms with E-state index in [0.29, 0.717) is 12.0 Å². The molecule has 0 aromatic rings. The highest BCUT2D eigenvalue weighted by Crippen LogP contribution is 2.41. The number of rotatable bonds is 3. The molecule has 0 bridgehead atoms. The summed E-state index contributed by atoms with van der Waals surface area (Å²) < 4.78 is 6.02. The van der Waals surface area contributed by atoms with Crippen LogP contribution in [0.25, 0.3) is 0 Å². The molecule has 0 aliphatic carbocycles. The predicted octanol–water partition coefficient (Wildman–Crippen LogP) is 2.27. The monoisotopic (exact) mass is 217 g/mol. The molecule has 1 unspecified atom stereocenters. The molecule has 1 rings (SSSR count). The van der Waals surface area contributed by atoms with Crippen molar-refractivity contribution in [2.24, 2.45) is 11.1 Å². The molecule has 0 spiro atoms. The van der Waals surface area contributed by atoms with Crippen molar-refractivity contribution < 1.29 is 4.74 Å². The zero-order chi connectivity index (χ0) is 10.8. The van der Waals surface area contributed by atoms with Crippen LogP contribution in [0.4, 0.5) is 0 Å². The fourth-order valence-corrected chi connectivity index (χ4v) is 3.66. The lowest BCUT2D eigenvalue weighted by atomic mass is 9.81. The Morgan fingerprint density at radius 1 is 1.36 bits per heavy atom. The molecule has 84 valence electrons. The summed E-state index contributed by atoms with van der Waals surface area (Å²) >= 11 is 1.97. The third kappa shape index (κ3) is 3.14. The summed E-state index contributed by atoms with van der Waals surface area (Å²) in [7, 11) is 0. The van der Waals surface area contributed by atoms with Gasteiger partial charge in [0.25, 0.3) is 0 Å². The zero-order valence-electron chi connectivity index (χ0n) is 9.80. The van der Waals surface area contributed by atoms with E-state index in [1.165, 1.54) is 5.75 Å². The number of nitrogens with two attached hydrogens (primary N) is 1. The summed E-state index contributed by atoms with van der Waals surface area (Å²) in [5.41, 5.74) is 6.14. The van der Waals surface area contributed by atoms with Crippen LogP contribution < -0.4 is 5.73 Å². The van der Waals surface area contributed by atoms with E-state index in [9.17, 15) is 0 Å². The predicted molar refractivity (Wildman–Crippen MR) is 63.7 cm³/mol. The normalized spacial score (nSPS) is 32.1. The third-order valence-electron chi connectivity index (χ3n) is 2.52. The van der Waals surface area contributed by atoms with Crippen LogP contribution >= 0.6 is 11.8 Å². The molecule has 14 heavy (non-hydrogen) atoms. The van der Waals surface area contributed by atoms with E-state index in [2.05, 4.69) is 27.7 Å². The van der Waals surface area contributed by atoms with Gasteiger partial charge in [0.2, 0.25) is 0 Å². The highest BCUT2D eigenvalue weighted by molar-refractivity contribution is 7.99. The summed E-state index contributed by atoms with van der Waals surface area (Å²) in [5.74, 6) is 2.27. The fraction of sp³-hybridized carbons (Fsp3) is 1.00. The van der Waals surface area contributed by atoms with Gasteiger partial charge in [0.05, 0.1) is 11.7 Å². The first kappa shape index (κ1) is 12.3. The second kappa shape index (κ2) is 4.42. The minimum absolute atomic E-state index is 0.0828. The maximum atomic E-state index is 6.02. The van der Waals surface area contributed by atoms with Gasteiger partial charge in [-0.25, -0.2) is 0 Å². The van der Waals surface area contributed by atoms with E-state index in [1.54, 1.807) is 0 Å². The van der Waals surface area contributed by atoms with Crippen molar-refractivity contribution in [1.82, 2.24) is 0 Å². The molecule has 0 saturated carbocycles. The van der Waals surface area contributed by atoms with Crippen LogP contribution in [0.2, 0.25) is 0 Å². The van der Waals surface area contributed by atoms with Gasteiger partial charge in [0.15, 0.2) is 0 Å². The first-order valence-corrected chi connectivity index (χ1v) is 6.50. The molecule has 2 nitrogen and oxygen atoms in total. The Balaban J connectivity index is 2.68. The number of hydrogen-bond donors (Lipinski definition) is 1. The van der Waals surface area contributed by atoms with Crippen molar-refractivity contribution >= 4 is 11.8 Å². The van der Waals surface area contributed by atoms with E-state index in [1.807, 2.05) is 11.8 Å². The van der Waals surface area contributed by atoms with Gasteiger partial charge in [-0.1, -0.05) is 13.8 Å². The van der Waals surface area contributed by atoms with Gasteiger partial charge < -0.3 is 10.5 Å². The van der Waals surface area contributed by atoms with Crippen molar-refractivity contribution in [3.05, 3.63) is 0 Å². The van der Waals surface area contributed by atoms with Gasteiger partial charge in [-0.05, 0) is 31.4 Å². The van der Waals surface area contributed by atoms with E-state index >= 15 is 0 Å². The van der Waals surface area contributed by atoms with E-state index < -0.39 is 0 Å². The van der Waals surface area contributed by atoms with Gasteiger partial charge in [0.1, 0.15) is 0 Å². The average Bonchev–Trinajstić information content (AvgIpc) is 2.01. The largest absolute Gasteiger partial charge is 0.370 e. The topological polar surface area (TPSA) is 35.2 Å². The molecule has 3 heteroatoms. The van der Waals surface area contributed by atoms with Crippen molar-refractivity contribution in [2.75, 3.05) is 18.1 Å². The lowest BCUT2D eigenvalue weighted by Gasteiger charge is -2.44. The van der Waals surface area contributed by atoms with E-state index in [4.69, 9.17) is 10.5 Å². The summed E-state index contributed by atoms with van der Waals surface area (Å²) in [6.45, 7) is 9.41. The summed E-state index contributed by atoms with van der Waals surface area (Å²) in [6, 6.07) is 0. The van der Waals surface area contributed by atoms with Crippen molar-refractivity contribution in [3.63, 3.8) is 0 Å². The van der Waals surface area contributed by atoms with Crippen LogP contribution in [0.15, 0.2) is 0 Å². The zero-order valence-corrected chi connectivity index (χ0v) is 10.6. The minimum Gasteiger partial charge on any atom is -0.370 e. The van der Waals surface area contributed by atoms with Gasteiger partial charge >= 0.3 is 0 Å². The minimum atomic E-state index is -0.0828. The lowest BCUT2D eigenvalue weighted by molar-refractivity contribution is -0.0814. The molecule has 1 fully saturated rings. The molecule has 2 N–H and O–H groups in total. The third-order valence-corrected chi connectivity index (χ3v) is 4.23. The van der Waals surface area contributed by atoms with Crippen molar-refractivity contribution in [2.45, 2.75) is 45.8 Å². The van der Waals surface area contributed by atoms with E-state index in [0.717, 1.165) is 12.2 Å². The maximum absolute atomic E-state index is 6.02. The standard InChI is InChI=1S/C11H23NOS/c1-9(2)13-11(6-12)5-10(3,4)7-14-8-11/h9H,5-8,12H2,1-4H3. The quantitative estimate of drug-likeness (QED) is 0.787. The van der Waals surface area contributed by atoms with Crippen LogP contribution in [0, 0.1) is 5.41 Å². The summed E-state index contributed by atoms with van der Waals surface area (Å²) in [4.78, 5) is 0. The first-order chi connectivity index (χ1) is 6.39. The molecular weight excluding hydrogens is 194 g/mol. The Labute approximate surface area is 92.0 Å². The molecule has 0 amide bonds.